The van der Waals surface area contributed by atoms with Gasteiger partial charge in [0.25, 0.3) is 0 Å². The highest BCUT2D eigenvalue weighted by Gasteiger charge is 2.18. The van der Waals surface area contributed by atoms with Gasteiger partial charge in [-0.25, -0.2) is 0 Å². The fourth-order valence-corrected chi connectivity index (χ4v) is 1.98. The maximum Gasteiger partial charge on any atom is 0.224 e. The molecule has 0 aliphatic heterocycles. The van der Waals surface area contributed by atoms with Gasteiger partial charge < -0.3 is 15.8 Å². The molecule has 116 valence electrons. The third-order valence-electron chi connectivity index (χ3n) is 3.35. The summed E-state index contributed by atoms with van der Waals surface area (Å²) in [5.74, 6) is 0.0172. The quantitative estimate of drug-likeness (QED) is 0.721. The molecule has 0 atom stereocenters. The summed E-state index contributed by atoms with van der Waals surface area (Å²) in [6.45, 7) is 5.57. The highest BCUT2D eigenvalue weighted by atomic mass is 32.1. The molecule has 0 fully saturated rings. The van der Waals surface area contributed by atoms with Crippen molar-refractivity contribution in [3.8, 4) is 0 Å². The molecule has 1 aromatic rings. The molecule has 0 radical (unpaired) electrons. The topological polar surface area (TPSA) is 64.3 Å². The highest BCUT2D eigenvalue weighted by Crippen LogP contribution is 2.18. The van der Waals surface area contributed by atoms with E-state index in [1.807, 2.05) is 24.3 Å². The van der Waals surface area contributed by atoms with E-state index in [0.717, 1.165) is 17.5 Å². The van der Waals surface area contributed by atoms with Gasteiger partial charge in [0, 0.05) is 25.8 Å². The van der Waals surface area contributed by atoms with Gasteiger partial charge in [0.1, 0.15) is 4.99 Å². The SMILES string of the molecule is COCCC(C)(C)CNC(=O)Cc1ccc(C(N)=S)cc1. The van der Waals surface area contributed by atoms with Crippen molar-refractivity contribution < 1.29 is 9.53 Å². The molecular weight excluding hydrogens is 284 g/mol. The molecule has 0 aromatic heterocycles. The van der Waals surface area contributed by atoms with E-state index >= 15 is 0 Å². The van der Waals surface area contributed by atoms with E-state index in [0.29, 0.717) is 24.6 Å². The van der Waals surface area contributed by atoms with Crippen molar-refractivity contribution in [2.45, 2.75) is 26.7 Å². The van der Waals surface area contributed by atoms with Gasteiger partial charge >= 0.3 is 0 Å². The van der Waals surface area contributed by atoms with Crippen molar-refractivity contribution in [3.63, 3.8) is 0 Å². The maximum atomic E-state index is 12.0. The molecule has 5 heteroatoms. The Morgan fingerprint density at radius 1 is 1.33 bits per heavy atom. The normalized spacial score (nSPS) is 11.2. The molecule has 0 heterocycles. The summed E-state index contributed by atoms with van der Waals surface area (Å²) in [6, 6.07) is 7.44. The number of carbonyl (C=O) groups is 1. The van der Waals surface area contributed by atoms with E-state index in [1.54, 1.807) is 7.11 Å². The third-order valence-corrected chi connectivity index (χ3v) is 3.59. The Morgan fingerprint density at radius 3 is 2.48 bits per heavy atom. The average molecular weight is 308 g/mol. The number of nitrogens with two attached hydrogens (primary N) is 1. The molecule has 1 rings (SSSR count). The Morgan fingerprint density at radius 2 is 1.95 bits per heavy atom. The Balaban J connectivity index is 2.45. The Bertz CT molecular complexity index is 484. The first kappa shape index (κ1) is 17.6. The molecule has 0 spiro atoms. The number of carbonyl (C=O) groups excluding carboxylic acids is 1. The Kier molecular flexibility index (Phi) is 6.78. The minimum Gasteiger partial charge on any atom is -0.389 e. The van der Waals surface area contributed by atoms with Gasteiger partial charge in [0.05, 0.1) is 6.42 Å². The first-order valence-electron chi connectivity index (χ1n) is 6.98. The van der Waals surface area contributed by atoms with Gasteiger partial charge in [-0.3, -0.25) is 4.79 Å². The number of thiocarbonyl (C=S) groups is 1. The van der Waals surface area contributed by atoms with Gasteiger partial charge in [0.2, 0.25) is 5.91 Å². The lowest BCUT2D eigenvalue weighted by molar-refractivity contribution is -0.120. The van der Waals surface area contributed by atoms with Gasteiger partial charge in [-0.15, -0.1) is 0 Å². The van der Waals surface area contributed by atoms with Gasteiger partial charge in [0.15, 0.2) is 0 Å². The minimum absolute atomic E-state index is 0.0172. The second-order valence-electron chi connectivity index (χ2n) is 5.92. The number of hydrogen-bond donors (Lipinski definition) is 2. The number of hydrogen-bond acceptors (Lipinski definition) is 3. The predicted molar refractivity (Wildman–Crippen MR) is 89.3 cm³/mol. The lowest BCUT2D eigenvalue weighted by atomic mass is 9.89. The van der Waals surface area contributed by atoms with E-state index in [9.17, 15) is 4.79 Å². The van der Waals surface area contributed by atoms with Crippen molar-refractivity contribution in [1.82, 2.24) is 5.32 Å². The van der Waals surface area contributed by atoms with Crippen molar-refractivity contribution in [2.24, 2.45) is 11.1 Å². The fraction of sp³-hybridized carbons (Fsp3) is 0.500. The molecule has 21 heavy (non-hydrogen) atoms. The van der Waals surface area contributed by atoms with E-state index in [1.165, 1.54) is 0 Å². The van der Waals surface area contributed by atoms with Crippen LogP contribution in [0.3, 0.4) is 0 Å². The van der Waals surface area contributed by atoms with Crippen LogP contribution in [-0.4, -0.2) is 31.2 Å². The molecule has 1 amide bonds. The van der Waals surface area contributed by atoms with Gasteiger partial charge in [-0.1, -0.05) is 50.3 Å². The smallest absolute Gasteiger partial charge is 0.224 e. The number of ether oxygens (including phenoxy) is 1. The molecular formula is C16H24N2O2S. The monoisotopic (exact) mass is 308 g/mol. The van der Waals surface area contributed by atoms with Gasteiger partial charge in [-0.05, 0) is 17.4 Å². The summed E-state index contributed by atoms with van der Waals surface area (Å²) in [7, 11) is 1.69. The van der Waals surface area contributed by atoms with Crippen molar-refractivity contribution >= 4 is 23.1 Å². The van der Waals surface area contributed by atoms with Crippen molar-refractivity contribution in [1.29, 1.82) is 0 Å². The van der Waals surface area contributed by atoms with Crippen molar-refractivity contribution in [3.05, 3.63) is 35.4 Å². The average Bonchev–Trinajstić information content (AvgIpc) is 2.44. The van der Waals surface area contributed by atoms with E-state index in [2.05, 4.69) is 19.2 Å². The van der Waals surface area contributed by atoms with E-state index in [4.69, 9.17) is 22.7 Å². The van der Waals surface area contributed by atoms with Crippen LogP contribution in [0.4, 0.5) is 0 Å². The van der Waals surface area contributed by atoms with Crippen LogP contribution in [0.15, 0.2) is 24.3 Å². The largest absolute Gasteiger partial charge is 0.389 e. The molecule has 1 aromatic carbocycles. The van der Waals surface area contributed by atoms with Crippen molar-refractivity contribution in [2.75, 3.05) is 20.3 Å². The van der Waals surface area contributed by atoms with Crippen LogP contribution < -0.4 is 11.1 Å². The zero-order valence-corrected chi connectivity index (χ0v) is 13.8. The standard InChI is InChI=1S/C16H24N2O2S/c1-16(2,8-9-20-3)11-18-14(19)10-12-4-6-13(7-5-12)15(17)21/h4-7H,8-11H2,1-3H3,(H2,17,21)(H,18,19). The summed E-state index contributed by atoms with van der Waals surface area (Å²) >= 11 is 4.90. The molecule has 0 aliphatic rings. The number of benzene rings is 1. The van der Waals surface area contributed by atoms with Crippen LogP contribution in [-0.2, 0) is 16.0 Å². The first-order chi connectivity index (χ1) is 9.84. The zero-order valence-electron chi connectivity index (χ0n) is 12.9. The predicted octanol–water partition coefficient (Wildman–Crippen LogP) is 2.04. The van der Waals surface area contributed by atoms with E-state index < -0.39 is 0 Å². The lowest BCUT2D eigenvalue weighted by Crippen LogP contribution is -2.35. The van der Waals surface area contributed by atoms with Crippen LogP contribution in [0.25, 0.3) is 0 Å². The second kappa shape index (κ2) is 8.10. The number of nitrogens with one attached hydrogen (secondary N) is 1. The molecule has 0 unspecified atom stereocenters. The summed E-state index contributed by atoms with van der Waals surface area (Å²) in [5, 5.41) is 2.97. The van der Waals surface area contributed by atoms with Gasteiger partial charge in [-0.2, -0.15) is 0 Å². The molecule has 0 aliphatic carbocycles. The van der Waals surface area contributed by atoms with Crippen LogP contribution in [0.2, 0.25) is 0 Å². The zero-order chi connectivity index (χ0) is 15.9. The first-order valence-corrected chi connectivity index (χ1v) is 7.39. The fourth-order valence-electron chi connectivity index (χ4n) is 1.84. The van der Waals surface area contributed by atoms with Crippen LogP contribution in [0.1, 0.15) is 31.4 Å². The number of amides is 1. The number of rotatable bonds is 8. The summed E-state index contributed by atoms with van der Waals surface area (Å²) < 4.78 is 5.08. The molecule has 4 nitrogen and oxygen atoms in total. The highest BCUT2D eigenvalue weighted by molar-refractivity contribution is 7.80. The molecule has 3 N–H and O–H groups in total. The minimum atomic E-state index is 0.0172. The van der Waals surface area contributed by atoms with Crippen LogP contribution in [0.5, 0.6) is 0 Å². The summed E-state index contributed by atoms with van der Waals surface area (Å²) in [6.07, 6.45) is 1.27. The summed E-state index contributed by atoms with van der Waals surface area (Å²) in [5.41, 5.74) is 7.33. The third kappa shape index (κ3) is 6.69. The molecule has 0 saturated heterocycles. The Hall–Kier alpha value is -1.46. The van der Waals surface area contributed by atoms with Crippen LogP contribution >= 0.6 is 12.2 Å². The Labute approximate surface area is 132 Å². The lowest BCUT2D eigenvalue weighted by Gasteiger charge is -2.24. The maximum absolute atomic E-state index is 12.0. The second-order valence-corrected chi connectivity index (χ2v) is 6.36. The molecule has 0 bridgehead atoms. The summed E-state index contributed by atoms with van der Waals surface area (Å²) in [4.78, 5) is 12.3. The van der Waals surface area contributed by atoms with Crippen LogP contribution in [0, 0.1) is 5.41 Å². The number of methoxy groups -OCH3 is 1. The van der Waals surface area contributed by atoms with E-state index in [-0.39, 0.29) is 11.3 Å². The molecule has 0 saturated carbocycles.